The van der Waals surface area contributed by atoms with E-state index in [0.717, 1.165) is 25.9 Å². The van der Waals surface area contributed by atoms with Crippen LogP contribution in [0.25, 0.3) is 0 Å². The minimum atomic E-state index is -0.555. The lowest BCUT2D eigenvalue weighted by atomic mass is 9.88. The van der Waals surface area contributed by atoms with Crippen LogP contribution in [0.2, 0.25) is 0 Å². The monoisotopic (exact) mass is 365 g/mol. The van der Waals surface area contributed by atoms with E-state index in [0.29, 0.717) is 6.54 Å². The molecule has 26 heavy (non-hydrogen) atoms. The smallest absolute Gasteiger partial charge is 0.344 e. The fourth-order valence-electron chi connectivity index (χ4n) is 5.13. The van der Waals surface area contributed by atoms with Crippen molar-refractivity contribution in [3.63, 3.8) is 0 Å². The number of nitrogens with zero attached hydrogens (tertiary/aromatic N) is 1. The molecule has 2 bridgehead atoms. The fraction of sp³-hybridized carbons (Fsp3) is 0.842. The molecule has 0 spiro atoms. The Labute approximate surface area is 153 Å². The lowest BCUT2D eigenvalue weighted by molar-refractivity contribution is -0.171. The van der Waals surface area contributed by atoms with Crippen LogP contribution in [0, 0.1) is 23.7 Å². The molecule has 6 atom stereocenters. The topological polar surface area (TPSA) is 82.1 Å². The first-order chi connectivity index (χ1) is 12.5. The molecule has 2 aliphatic heterocycles. The molecule has 6 unspecified atom stereocenters. The minimum Gasteiger partial charge on any atom is -0.458 e. The van der Waals surface area contributed by atoms with Gasteiger partial charge in [0.05, 0.1) is 11.8 Å². The number of hydrogen-bond donors (Lipinski definition) is 0. The fourth-order valence-corrected chi connectivity index (χ4v) is 5.13. The summed E-state index contributed by atoms with van der Waals surface area (Å²) in [7, 11) is 0. The maximum absolute atomic E-state index is 12.1. The molecule has 2 aliphatic carbocycles. The molecule has 7 nitrogen and oxygen atoms in total. The Bertz CT molecular complexity index is 587. The number of esters is 3. The molecule has 0 aromatic heterocycles. The number of ether oxygens (including phenoxy) is 3. The van der Waals surface area contributed by atoms with Gasteiger partial charge in [0.15, 0.2) is 6.61 Å². The summed E-state index contributed by atoms with van der Waals surface area (Å²) in [4.78, 5) is 38.2. The van der Waals surface area contributed by atoms with Crippen molar-refractivity contribution in [3.8, 4) is 0 Å². The molecule has 0 radical (unpaired) electrons. The summed E-state index contributed by atoms with van der Waals surface area (Å²) in [6.45, 7) is 4.16. The number of carbonyl (C=O) groups is 3. The molecule has 4 rings (SSSR count). The highest BCUT2D eigenvalue weighted by atomic mass is 16.6. The maximum atomic E-state index is 12.1. The van der Waals surface area contributed by atoms with Crippen molar-refractivity contribution in [3.05, 3.63) is 0 Å². The first kappa shape index (κ1) is 17.8. The van der Waals surface area contributed by atoms with Gasteiger partial charge in [-0.05, 0) is 38.8 Å². The minimum absolute atomic E-state index is 0.00610. The number of fused-ring (bicyclic) bond motifs is 1. The molecule has 144 valence electrons. The maximum Gasteiger partial charge on any atom is 0.344 e. The third-order valence-corrected chi connectivity index (χ3v) is 6.40. The van der Waals surface area contributed by atoms with E-state index in [4.69, 9.17) is 14.2 Å². The Morgan fingerprint density at radius 2 is 2.00 bits per heavy atom. The van der Waals surface area contributed by atoms with Gasteiger partial charge < -0.3 is 19.1 Å². The molecule has 0 aromatic rings. The Hall–Kier alpha value is -1.63. The highest BCUT2D eigenvalue weighted by Crippen LogP contribution is 2.55. The van der Waals surface area contributed by atoms with Crippen LogP contribution in [-0.2, 0) is 28.6 Å². The van der Waals surface area contributed by atoms with Crippen LogP contribution in [0.15, 0.2) is 0 Å². The molecule has 4 aliphatic rings. The number of likely N-dealkylation sites (tertiary alicyclic amines) is 1. The Kier molecular flexibility index (Phi) is 4.90. The van der Waals surface area contributed by atoms with Gasteiger partial charge >= 0.3 is 17.9 Å². The van der Waals surface area contributed by atoms with E-state index < -0.39 is 5.97 Å². The standard InChI is InChI=1S/C19H27NO6/c1-11(9-20-5-3-2-4-6-20)18(22)24-10-15(21)25-16-12-7-13-14(8-12)19(23)26-17(13)16/h11-14,16-17H,2-10H2,1H3. The van der Waals surface area contributed by atoms with Gasteiger partial charge in [0.25, 0.3) is 0 Å². The van der Waals surface area contributed by atoms with Crippen LogP contribution in [0.3, 0.4) is 0 Å². The molecule has 0 aromatic carbocycles. The van der Waals surface area contributed by atoms with Crippen molar-refractivity contribution in [2.24, 2.45) is 23.7 Å². The first-order valence-electron chi connectivity index (χ1n) is 9.82. The average Bonchev–Trinajstić information content (AvgIpc) is 3.25. The number of piperidine rings is 1. The van der Waals surface area contributed by atoms with Crippen LogP contribution in [0.5, 0.6) is 0 Å². The predicted octanol–water partition coefficient (Wildman–Crippen LogP) is 1.14. The second-order valence-corrected chi connectivity index (χ2v) is 8.23. The van der Waals surface area contributed by atoms with Gasteiger partial charge in [-0.3, -0.25) is 9.59 Å². The summed E-state index contributed by atoms with van der Waals surface area (Å²) < 4.78 is 16.0. The second-order valence-electron chi connectivity index (χ2n) is 8.23. The largest absolute Gasteiger partial charge is 0.458 e. The third-order valence-electron chi connectivity index (χ3n) is 6.40. The molecular weight excluding hydrogens is 338 g/mol. The number of hydrogen-bond acceptors (Lipinski definition) is 7. The molecule has 7 heteroatoms. The molecule has 2 saturated carbocycles. The van der Waals surface area contributed by atoms with E-state index in [2.05, 4.69) is 4.90 Å². The van der Waals surface area contributed by atoms with Crippen molar-refractivity contribution >= 4 is 17.9 Å². The van der Waals surface area contributed by atoms with E-state index in [1.807, 2.05) is 6.92 Å². The van der Waals surface area contributed by atoms with E-state index in [-0.39, 0.29) is 54.4 Å². The van der Waals surface area contributed by atoms with E-state index in [1.54, 1.807) is 0 Å². The molecule has 4 fully saturated rings. The van der Waals surface area contributed by atoms with Crippen molar-refractivity contribution in [1.29, 1.82) is 0 Å². The lowest BCUT2D eigenvalue weighted by Gasteiger charge is -2.28. The zero-order valence-electron chi connectivity index (χ0n) is 15.2. The SMILES string of the molecule is CC(CN1CCCCC1)C(=O)OCC(=O)OC1C2CC3C(=O)OC1C3C2. The first-order valence-corrected chi connectivity index (χ1v) is 9.82. The van der Waals surface area contributed by atoms with Gasteiger partial charge in [0, 0.05) is 18.4 Å². The number of carbonyl (C=O) groups excluding carboxylic acids is 3. The van der Waals surface area contributed by atoms with Gasteiger partial charge in [0.2, 0.25) is 0 Å². The molecule has 2 heterocycles. The Balaban J connectivity index is 1.20. The summed E-state index contributed by atoms with van der Waals surface area (Å²) in [6, 6.07) is 0. The normalized spacial score (nSPS) is 36.7. The highest BCUT2D eigenvalue weighted by molar-refractivity contribution is 5.79. The average molecular weight is 365 g/mol. The third kappa shape index (κ3) is 3.33. The van der Waals surface area contributed by atoms with E-state index >= 15 is 0 Å². The van der Waals surface area contributed by atoms with Crippen molar-refractivity contribution in [2.75, 3.05) is 26.2 Å². The van der Waals surface area contributed by atoms with Crippen LogP contribution in [-0.4, -0.2) is 61.3 Å². The zero-order valence-corrected chi connectivity index (χ0v) is 15.2. The van der Waals surface area contributed by atoms with Gasteiger partial charge in [-0.15, -0.1) is 0 Å². The lowest BCUT2D eigenvalue weighted by Crippen LogP contribution is -2.38. The van der Waals surface area contributed by atoms with Crippen molar-refractivity contribution in [1.82, 2.24) is 4.90 Å². The second kappa shape index (κ2) is 7.18. The summed E-state index contributed by atoms with van der Waals surface area (Å²) in [5.41, 5.74) is 0. The number of rotatable bonds is 6. The van der Waals surface area contributed by atoms with E-state index in [9.17, 15) is 14.4 Å². The van der Waals surface area contributed by atoms with Crippen LogP contribution in [0.4, 0.5) is 0 Å². The molecule has 0 N–H and O–H groups in total. The highest BCUT2D eigenvalue weighted by Gasteiger charge is 2.63. The predicted molar refractivity (Wildman–Crippen MR) is 89.9 cm³/mol. The summed E-state index contributed by atoms with van der Waals surface area (Å²) >= 11 is 0. The quantitative estimate of drug-likeness (QED) is 0.516. The van der Waals surface area contributed by atoms with Gasteiger partial charge in [-0.25, -0.2) is 4.79 Å². The molecular formula is C19H27NO6. The zero-order chi connectivity index (χ0) is 18.3. The van der Waals surface area contributed by atoms with Crippen LogP contribution in [0.1, 0.15) is 39.0 Å². The van der Waals surface area contributed by atoms with Gasteiger partial charge in [0.1, 0.15) is 12.2 Å². The molecule has 0 amide bonds. The Morgan fingerprint density at radius 1 is 1.23 bits per heavy atom. The van der Waals surface area contributed by atoms with Crippen LogP contribution < -0.4 is 0 Å². The summed E-state index contributed by atoms with van der Waals surface area (Å²) in [5.74, 6) is -0.961. The van der Waals surface area contributed by atoms with E-state index in [1.165, 1.54) is 19.3 Å². The van der Waals surface area contributed by atoms with Crippen molar-refractivity contribution in [2.45, 2.75) is 51.2 Å². The van der Waals surface area contributed by atoms with Crippen molar-refractivity contribution < 1.29 is 28.6 Å². The molecule has 2 saturated heterocycles. The van der Waals surface area contributed by atoms with Crippen LogP contribution >= 0.6 is 0 Å². The van der Waals surface area contributed by atoms with Gasteiger partial charge in [-0.1, -0.05) is 13.3 Å². The Morgan fingerprint density at radius 3 is 2.77 bits per heavy atom. The summed E-state index contributed by atoms with van der Waals surface area (Å²) in [6.07, 6.45) is 4.54. The summed E-state index contributed by atoms with van der Waals surface area (Å²) in [5, 5.41) is 0. The van der Waals surface area contributed by atoms with Gasteiger partial charge in [-0.2, -0.15) is 0 Å².